The molecule has 0 radical (unpaired) electrons. The summed E-state index contributed by atoms with van der Waals surface area (Å²) in [6.45, 7) is 5.07. The summed E-state index contributed by atoms with van der Waals surface area (Å²) in [5, 5.41) is 3.39. The maximum absolute atomic E-state index is 5.57. The van der Waals surface area contributed by atoms with Gasteiger partial charge >= 0.3 is 0 Å². The Labute approximate surface area is 98.0 Å². The summed E-state index contributed by atoms with van der Waals surface area (Å²) in [5.74, 6) is 1.67. The highest BCUT2D eigenvalue weighted by atomic mass is 16.5. The van der Waals surface area contributed by atoms with Crippen LogP contribution in [0.25, 0.3) is 0 Å². The minimum absolute atomic E-state index is 0.492. The molecule has 0 spiro atoms. The number of nitrogens with one attached hydrogen (secondary N) is 1. The fourth-order valence-corrected chi connectivity index (χ4v) is 2.59. The van der Waals surface area contributed by atoms with Gasteiger partial charge in [-0.15, -0.1) is 0 Å². The van der Waals surface area contributed by atoms with Gasteiger partial charge in [0.05, 0.1) is 6.61 Å². The van der Waals surface area contributed by atoms with Crippen LogP contribution in [0.5, 0.6) is 5.75 Å². The Bertz CT molecular complexity index is 362. The lowest BCUT2D eigenvalue weighted by Crippen LogP contribution is -2.23. The third-order valence-corrected chi connectivity index (χ3v) is 3.51. The van der Waals surface area contributed by atoms with Crippen LogP contribution in [0.15, 0.2) is 18.2 Å². The molecule has 0 aliphatic heterocycles. The second-order valence-electron chi connectivity index (χ2n) is 4.54. The first-order chi connectivity index (χ1) is 7.76. The maximum Gasteiger partial charge on any atom is 0.119 e. The van der Waals surface area contributed by atoms with E-state index in [0.717, 1.165) is 12.4 Å². The summed E-state index contributed by atoms with van der Waals surface area (Å²) >= 11 is 0. The lowest BCUT2D eigenvalue weighted by Gasteiger charge is -2.30. The molecule has 1 N–H and O–H groups in total. The molecular weight excluding hydrogens is 198 g/mol. The Balaban J connectivity index is 2.36. The molecule has 2 heteroatoms. The normalized spacial score (nSPS) is 23.9. The molecule has 1 aliphatic carbocycles. The van der Waals surface area contributed by atoms with Crippen LogP contribution in [-0.2, 0) is 0 Å². The van der Waals surface area contributed by atoms with Crippen molar-refractivity contribution in [3.05, 3.63) is 29.3 Å². The Morgan fingerprint density at radius 3 is 2.81 bits per heavy atom. The molecular formula is C14H21NO. The van der Waals surface area contributed by atoms with Crippen molar-refractivity contribution < 1.29 is 4.74 Å². The molecule has 88 valence electrons. The Morgan fingerprint density at radius 1 is 1.31 bits per heavy atom. The predicted molar refractivity (Wildman–Crippen MR) is 67.1 cm³/mol. The number of fused-ring (bicyclic) bond motifs is 1. The van der Waals surface area contributed by atoms with E-state index >= 15 is 0 Å². The SMILES string of the molecule is CCOc1ccc2c(c1)C(NC)CCC2C. The molecule has 0 saturated heterocycles. The van der Waals surface area contributed by atoms with Crippen molar-refractivity contribution in [2.45, 2.75) is 38.6 Å². The van der Waals surface area contributed by atoms with E-state index in [2.05, 4.69) is 30.4 Å². The third-order valence-electron chi connectivity index (χ3n) is 3.51. The van der Waals surface area contributed by atoms with E-state index in [0.29, 0.717) is 12.0 Å². The highest BCUT2D eigenvalue weighted by Gasteiger charge is 2.23. The van der Waals surface area contributed by atoms with Crippen molar-refractivity contribution in [2.75, 3.05) is 13.7 Å². The van der Waals surface area contributed by atoms with E-state index in [4.69, 9.17) is 4.74 Å². The average molecular weight is 219 g/mol. The first-order valence-electron chi connectivity index (χ1n) is 6.20. The van der Waals surface area contributed by atoms with Crippen LogP contribution < -0.4 is 10.1 Å². The first kappa shape index (κ1) is 11.5. The molecule has 1 aromatic rings. The number of hydrogen-bond acceptors (Lipinski definition) is 2. The molecule has 16 heavy (non-hydrogen) atoms. The number of ether oxygens (including phenoxy) is 1. The van der Waals surface area contributed by atoms with Crippen molar-refractivity contribution in [1.82, 2.24) is 5.32 Å². The lowest BCUT2D eigenvalue weighted by molar-refractivity contribution is 0.338. The molecule has 2 rings (SSSR count). The topological polar surface area (TPSA) is 21.3 Å². The zero-order valence-corrected chi connectivity index (χ0v) is 10.4. The molecule has 2 atom stereocenters. The number of hydrogen-bond donors (Lipinski definition) is 1. The zero-order chi connectivity index (χ0) is 11.5. The first-order valence-corrected chi connectivity index (χ1v) is 6.20. The highest BCUT2D eigenvalue weighted by molar-refractivity contribution is 5.41. The Kier molecular flexibility index (Phi) is 3.49. The van der Waals surface area contributed by atoms with Gasteiger partial charge in [0.1, 0.15) is 5.75 Å². The van der Waals surface area contributed by atoms with Crippen LogP contribution in [0.4, 0.5) is 0 Å². The van der Waals surface area contributed by atoms with Gasteiger partial charge in [-0.3, -0.25) is 0 Å². The molecule has 0 saturated carbocycles. The summed E-state index contributed by atoms with van der Waals surface area (Å²) in [5.41, 5.74) is 2.90. The zero-order valence-electron chi connectivity index (χ0n) is 10.4. The molecule has 2 nitrogen and oxygen atoms in total. The third kappa shape index (κ3) is 2.07. The van der Waals surface area contributed by atoms with Crippen LogP contribution in [0.2, 0.25) is 0 Å². The van der Waals surface area contributed by atoms with E-state index in [-0.39, 0.29) is 0 Å². The largest absolute Gasteiger partial charge is 0.494 e. The second-order valence-corrected chi connectivity index (χ2v) is 4.54. The van der Waals surface area contributed by atoms with Gasteiger partial charge in [0.2, 0.25) is 0 Å². The molecule has 2 unspecified atom stereocenters. The summed E-state index contributed by atoms with van der Waals surface area (Å²) < 4.78 is 5.57. The van der Waals surface area contributed by atoms with Crippen LogP contribution in [0.3, 0.4) is 0 Å². The maximum atomic E-state index is 5.57. The molecule has 1 aliphatic rings. The molecule has 0 fully saturated rings. The molecule has 0 heterocycles. The Morgan fingerprint density at radius 2 is 2.12 bits per heavy atom. The monoisotopic (exact) mass is 219 g/mol. The van der Waals surface area contributed by atoms with Crippen molar-refractivity contribution in [2.24, 2.45) is 0 Å². The summed E-state index contributed by atoms with van der Waals surface area (Å²) in [6, 6.07) is 7.02. The fraction of sp³-hybridized carbons (Fsp3) is 0.571. The van der Waals surface area contributed by atoms with E-state index in [1.165, 1.54) is 24.0 Å². The van der Waals surface area contributed by atoms with E-state index < -0.39 is 0 Å². The van der Waals surface area contributed by atoms with Gasteiger partial charge in [-0.1, -0.05) is 13.0 Å². The van der Waals surface area contributed by atoms with Crippen LogP contribution >= 0.6 is 0 Å². The molecule has 0 aromatic heterocycles. The standard InChI is InChI=1S/C14H21NO/c1-4-16-11-6-7-12-10(2)5-8-14(15-3)13(12)9-11/h6-7,9-10,14-15H,4-5,8H2,1-3H3. The van der Waals surface area contributed by atoms with Crippen molar-refractivity contribution in [3.8, 4) is 5.75 Å². The van der Waals surface area contributed by atoms with E-state index in [1.807, 2.05) is 14.0 Å². The van der Waals surface area contributed by atoms with Gasteiger partial charge in [0.25, 0.3) is 0 Å². The van der Waals surface area contributed by atoms with E-state index in [9.17, 15) is 0 Å². The van der Waals surface area contributed by atoms with Gasteiger partial charge in [0, 0.05) is 6.04 Å². The minimum atomic E-state index is 0.492. The van der Waals surface area contributed by atoms with Gasteiger partial charge in [-0.2, -0.15) is 0 Å². The smallest absolute Gasteiger partial charge is 0.119 e. The highest BCUT2D eigenvalue weighted by Crippen LogP contribution is 2.38. The van der Waals surface area contributed by atoms with Crippen molar-refractivity contribution in [1.29, 1.82) is 0 Å². The summed E-state index contributed by atoms with van der Waals surface area (Å²) in [4.78, 5) is 0. The average Bonchev–Trinajstić information content (AvgIpc) is 2.30. The minimum Gasteiger partial charge on any atom is -0.494 e. The van der Waals surface area contributed by atoms with Crippen molar-refractivity contribution in [3.63, 3.8) is 0 Å². The van der Waals surface area contributed by atoms with E-state index in [1.54, 1.807) is 0 Å². The van der Waals surface area contributed by atoms with Gasteiger partial charge in [-0.25, -0.2) is 0 Å². The van der Waals surface area contributed by atoms with Crippen LogP contribution in [0, 0.1) is 0 Å². The molecule has 0 amide bonds. The van der Waals surface area contributed by atoms with Crippen LogP contribution in [0.1, 0.15) is 49.8 Å². The number of benzene rings is 1. The Hall–Kier alpha value is -1.02. The van der Waals surface area contributed by atoms with Gasteiger partial charge in [0.15, 0.2) is 0 Å². The second kappa shape index (κ2) is 4.88. The van der Waals surface area contributed by atoms with Gasteiger partial charge < -0.3 is 10.1 Å². The lowest BCUT2D eigenvalue weighted by atomic mass is 9.81. The summed E-state index contributed by atoms with van der Waals surface area (Å²) in [6.07, 6.45) is 2.49. The number of rotatable bonds is 3. The molecule has 1 aromatic carbocycles. The quantitative estimate of drug-likeness (QED) is 0.842. The van der Waals surface area contributed by atoms with Crippen molar-refractivity contribution >= 4 is 0 Å². The van der Waals surface area contributed by atoms with Gasteiger partial charge in [-0.05, 0) is 56.0 Å². The predicted octanol–water partition coefficient (Wildman–Crippen LogP) is 3.24. The summed E-state index contributed by atoms with van der Waals surface area (Å²) in [7, 11) is 2.04. The fourth-order valence-electron chi connectivity index (χ4n) is 2.59. The van der Waals surface area contributed by atoms with Crippen LogP contribution in [-0.4, -0.2) is 13.7 Å². The molecule has 0 bridgehead atoms.